The molecule has 3 rings (SSSR count). The van der Waals surface area contributed by atoms with Crippen molar-refractivity contribution in [1.29, 1.82) is 0 Å². The summed E-state index contributed by atoms with van der Waals surface area (Å²) in [5.74, 6) is 0.666. The van der Waals surface area contributed by atoms with Crippen LogP contribution >= 0.6 is 11.6 Å². The van der Waals surface area contributed by atoms with Crippen molar-refractivity contribution < 1.29 is 9.59 Å². The molecule has 7 heteroatoms. The molecular weight excluding hydrogens is 376 g/mol. The average Bonchev–Trinajstić information content (AvgIpc) is 3.22. The summed E-state index contributed by atoms with van der Waals surface area (Å²) in [7, 11) is 1.89. The number of nitrogens with zero attached hydrogens (tertiary/aromatic N) is 3. The summed E-state index contributed by atoms with van der Waals surface area (Å²) in [5, 5.41) is 3.51. The number of rotatable bonds is 5. The van der Waals surface area contributed by atoms with Gasteiger partial charge in [-0.25, -0.2) is 4.79 Å². The normalized spacial score (nSPS) is 19.5. The summed E-state index contributed by atoms with van der Waals surface area (Å²) in [5.41, 5.74) is 0.698. The predicted molar refractivity (Wildman–Crippen MR) is 113 cm³/mol. The number of halogens is 1. The van der Waals surface area contributed by atoms with Crippen LogP contribution in [0.4, 0.5) is 10.5 Å². The Hall–Kier alpha value is -1.79. The molecule has 6 nitrogen and oxygen atoms in total. The summed E-state index contributed by atoms with van der Waals surface area (Å²) in [4.78, 5) is 31.6. The Morgan fingerprint density at radius 2 is 1.89 bits per heavy atom. The first-order valence-corrected chi connectivity index (χ1v) is 10.7. The first kappa shape index (κ1) is 20.9. The highest BCUT2D eigenvalue weighted by molar-refractivity contribution is 6.30. The summed E-state index contributed by atoms with van der Waals surface area (Å²) in [6, 6.07) is 7.00. The Morgan fingerprint density at radius 3 is 2.50 bits per heavy atom. The van der Waals surface area contributed by atoms with Crippen LogP contribution in [0.1, 0.15) is 32.6 Å². The number of benzene rings is 1. The van der Waals surface area contributed by atoms with Crippen molar-refractivity contribution in [1.82, 2.24) is 14.7 Å². The van der Waals surface area contributed by atoms with E-state index in [0.29, 0.717) is 29.7 Å². The van der Waals surface area contributed by atoms with E-state index in [9.17, 15) is 9.59 Å². The summed E-state index contributed by atoms with van der Waals surface area (Å²) < 4.78 is 0. The second kappa shape index (κ2) is 9.61. The SMILES string of the molecule is CCN(C)C(=O)C(C1CCCC1)N1CCN(C(=O)Nc2cccc(Cl)c2)CC1. The van der Waals surface area contributed by atoms with Crippen molar-refractivity contribution in [3.05, 3.63) is 29.3 Å². The monoisotopic (exact) mass is 406 g/mol. The van der Waals surface area contributed by atoms with Gasteiger partial charge in [-0.05, 0) is 43.9 Å². The van der Waals surface area contributed by atoms with Crippen LogP contribution in [-0.2, 0) is 4.79 Å². The molecule has 1 aromatic carbocycles. The fourth-order valence-electron chi connectivity index (χ4n) is 4.28. The van der Waals surface area contributed by atoms with E-state index in [-0.39, 0.29) is 18.0 Å². The molecule has 1 saturated carbocycles. The van der Waals surface area contributed by atoms with Crippen LogP contribution < -0.4 is 5.32 Å². The Bertz CT molecular complexity index is 685. The number of amides is 3. The van der Waals surface area contributed by atoms with Crippen LogP contribution in [0.5, 0.6) is 0 Å². The largest absolute Gasteiger partial charge is 0.345 e. The zero-order valence-corrected chi connectivity index (χ0v) is 17.6. The Balaban J connectivity index is 1.60. The van der Waals surface area contributed by atoms with Gasteiger partial charge >= 0.3 is 6.03 Å². The number of carbonyl (C=O) groups excluding carboxylic acids is 2. The van der Waals surface area contributed by atoms with E-state index in [1.807, 2.05) is 35.9 Å². The minimum absolute atomic E-state index is 0.0504. The number of likely N-dealkylation sites (N-methyl/N-ethyl adjacent to an activating group) is 1. The van der Waals surface area contributed by atoms with Gasteiger partial charge in [0.05, 0.1) is 6.04 Å². The standard InChI is InChI=1S/C21H31ClN4O2/c1-3-24(2)20(27)19(16-7-4-5-8-16)25-11-13-26(14-12-25)21(28)23-18-10-6-9-17(22)15-18/h6,9-10,15-16,19H,3-5,7-8,11-14H2,1-2H3,(H,23,28). The van der Waals surface area contributed by atoms with Crippen molar-refractivity contribution in [2.75, 3.05) is 45.1 Å². The van der Waals surface area contributed by atoms with Crippen LogP contribution in [0.3, 0.4) is 0 Å². The lowest BCUT2D eigenvalue weighted by Crippen LogP contribution is -2.58. The molecule has 28 heavy (non-hydrogen) atoms. The zero-order chi connectivity index (χ0) is 20.1. The van der Waals surface area contributed by atoms with Crippen molar-refractivity contribution in [2.45, 2.75) is 38.6 Å². The van der Waals surface area contributed by atoms with Crippen LogP contribution in [0.15, 0.2) is 24.3 Å². The lowest BCUT2D eigenvalue weighted by molar-refractivity contribution is -0.138. The summed E-state index contributed by atoms with van der Waals surface area (Å²) in [6.07, 6.45) is 4.69. The molecule has 0 aromatic heterocycles. The molecule has 1 heterocycles. The van der Waals surface area contributed by atoms with E-state index < -0.39 is 0 Å². The fraction of sp³-hybridized carbons (Fsp3) is 0.619. The van der Waals surface area contributed by atoms with Crippen LogP contribution in [-0.4, -0.2) is 72.5 Å². The number of nitrogens with one attached hydrogen (secondary N) is 1. The van der Waals surface area contributed by atoms with Gasteiger partial charge in [-0.2, -0.15) is 0 Å². The smallest absolute Gasteiger partial charge is 0.321 e. The molecule has 0 radical (unpaired) electrons. The summed E-state index contributed by atoms with van der Waals surface area (Å²) >= 11 is 5.99. The fourth-order valence-corrected chi connectivity index (χ4v) is 4.47. The van der Waals surface area contributed by atoms with Crippen molar-refractivity contribution in [3.63, 3.8) is 0 Å². The highest BCUT2D eigenvalue weighted by Crippen LogP contribution is 2.32. The third-order valence-corrected chi connectivity index (χ3v) is 6.26. The molecule has 1 unspecified atom stereocenters. The van der Waals surface area contributed by atoms with Gasteiger partial charge in [0.1, 0.15) is 0 Å². The van der Waals surface area contributed by atoms with Crippen molar-refractivity contribution >= 4 is 29.2 Å². The minimum Gasteiger partial charge on any atom is -0.345 e. The molecule has 0 spiro atoms. The Labute approximate surface area is 172 Å². The molecule has 154 valence electrons. The van der Waals surface area contributed by atoms with Gasteiger partial charge in [-0.3, -0.25) is 9.69 Å². The Kier molecular flexibility index (Phi) is 7.18. The van der Waals surface area contributed by atoms with E-state index in [4.69, 9.17) is 11.6 Å². The average molecular weight is 407 g/mol. The van der Waals surface area contributed by atoms with Gasteiger partial charge in [0.2, 0.25) is 5.91 Å². The predicted octanol–water partition coefficient (Wildman–Crippen LogP) is 3.53. The highest BCUT2D eigenvalue weighted by Gasteiger charge is 2.38. The van der Waals surface area contributed by atoms with Gasteiger partial charge in [-0.15, -0.1) is 0 Å². The maximum Gasteiger partial charge on any atom is 0.321 e. The lowest BCUT2D eigenvalue weighted by Gasteiger charge is -2.41. The third kappa shape index (κ3) is 4.97. The maximum atomic E-state index is 13.0. The van der Waals surface area contributed by atoms with Gasteiger partial charge in [0.15, 0.2) is 0 Å². The van der Waals surface area contributed by atoms with E-state index in [0.717, 1.165) is 32.5 Å². The quantitative estimate of drug-likeness (QED) is 0.813. The molecule has 2 aliphatic rings. The number of hydrogen-bond acceptors (Lipinski definition) is 3. The number of urea groups is 1. The second-order valence-electron chi connectivity index (χ2n) is 7.81. The second-order valence-corrected chi connectivity index (χ2v) is 8.24. The molecule has 1 saturated heterocycles. The van der Waals surface area contributed by atoms with Gasteiger partial charge in [-0.1, -0.05) is 30.5 Å². The minimum atomic E-state index is -0.115. The highest BCUT2D eigenvalue weighted by atomic mass is 35.5. The Morgan fingerprint density at radius 1 is 1.21 bits per heavy atom. The molecule has 1 aromatic rings. The molecule has 1 N–H and O–H groups in total. The van der Waals surface area contributed by atoms with Crippen molar-refractivity contribution in [2.24, 2.45) is 5.92 Å². The summed E-state index contributed by atoms with van der Waals surface area (Å²) in [6.45, 7) is 5.45. The topological polar surface area (TPSA) is 55.9 Å². The number of piperazine rings is 1. The van der Waals surface area contributed by atoms with Crippen LogP contribution in [0, 0.1) is 5.92 Å². The molecule has 2 fully saturated rings. The number of carbonyl (C=O) groups is 2. The van der Waals surface area contributed by atoms with E-state index in [1.54, 1.807) is 12.1 Å². The third-order valence-electron chi connectivity index (χ3n) is 6.02. The van der Waals surface area contributed by atoms with Crippen molar-refractivity contribution in [3.8, 4) is 0 Å². The molecule has 0 bridgehead atoms. The zero-order valence-electron chi connectivity index (χ0n) is 16.9. The van der Waals surface area contributed by atoms with E-state index in [1.165, 1.54) is 12.8 Å². The number of anilines is 1. The number of hydrogen-bond donors (Lipinski definition) is 1. The molecule has 1 atom stereocenters. The van der Waals surface area contributed by atoms with E-state index >= 15 is 0 Å². The molecule has 1 aliphatic carbocycles. The first-order valence-electron chi connectivity index (χ1n) is 10.3. The molecular formula is C21H31ClN4O2. The first-order chi connectivity index (χ1) is 13.5. The van der Waals surface area contributed by atoms with Crippen LogP contribution in [0.2, 0.25) is 5.02 Å². The maximum absolute atomic E-state index is 13.0. The van der Waals surface area contributed by atoms with Gasteiger partial charge in [0, 0.05) is 50.5 Å². The lowest BCUT2D eigenvalue weighted by atomic mass is 9.94. The van der Waals surface area contributed by atoms with E-state index in [2.05, 4.69) is 10.2 Å². The van der Waals surface area contributed by atoms with Gasteiger partial charge < -0.3 is 15.1 Å². The van der Waals surface area contributed by atoms with Crippen LogP contribution in [0.25, 0.3) is 0 Å². The van der Waals surface area contributed by atoms with Gasteiger partial charge in [0.25, 0.3) is 0 Å². The molecule has 3 amide bonds. The molecule has 1 aliphatic heterocycles.